The largest absolute Gasteiger partial charge is 0.497 e. The molecule has 1 amide bonds. The maximum absolute atomic E-state index is 13.6. The number of methoxy groups -OCH3 is 3. The lowest BCUT2D eigenvalue weighted by Crippen LogP contribution is -2.34. The quantitative estimate of drug-likeness (QED) is 0.244. The van der Waals surface area contributed by atoms with E-state index in [4.69, 9.17) is 23.4 Å². The Labute approximate surface area is 227 Å². The molecule has 200 valence electrons. The van der Waals surface area contributed by atoms with Crippen molar-refractivity contribution in [1.29, 1.82) is 0 Å². The zero-order valence-electron chi connectivity index (χ0n) is 21.8. The molecule has 0 spiro atoms. The van der Waals surface area contributed by atoms with Gasteiger partial charge in [0.1, 0.15) is 11.3 Å². The number of thiazole rings is 1. The van der Waals surface area contributed by atoms with Gasteiger partial charge in [0, 0.05) is 5.56 Å². The number of carbonyl (C=O) groups is 1. The van der Waals surface area contributed by atoms with Gasteiger partial charge in [-0.3, -0.25) is 14.9 Å². The maximum atomic E-state index is 13.6. The van der Waals surface area contributed by atoms with Crippen LogP contribution in [0.15, 0.2) is 69.9 Å². The number of anilines is 1. The molecule has 39 heavy (non-hydrogen) atoms. The molecular formula is C29H26N2O7S. The Kier molecular flexibility index (Phi) is 7.38. The Hall–Kier alpha value is -4.57. The number of fused-ring (bicyclic) bond motifs is 2. The number of nitrogens with zero attached hydrogens (tertiary/aromatic N) is 1. The molecule has 0 radical (unpaired) electrons. The number of hydrogen-bond acceptors (Lipinski definition) is 9. The molecule has 5 aromatic rings. The molecule has 2 heterocycles. The van der Waals surface area contributed by atoms with E-state index in [9.17, 15) is 9.59 Å². The lowest BCUT2D eigenvalue weighted by molar-refractivity contribution is -0.122. The second-order valence-electron chi connectivity index (χ2n) is 8.51. The van der Waals surface area contributed by atoms with Crippen LogP contribution in [0.25, 0.3) is 32.5 Å². The van der Waals surface area contributed by atoms with E-state index < -0.39 is 12.0 Å². The van der Waals surface area contributed by atoms with Crippen molar-refractivity contribution >= 4 is 43.6 Å². The third-order valence-corrected chi connectivity index (χ3v) is 7.08. The Morgan fingerprint density at radius 2 is 1.79 bits per heavy atom. The number of ether oxygens (including phenoxy) is 4. The first-order chi connectivity index (χ1) is 18.9. The molecule has 0 aliphatic carbocycles. The molecule has 1 unspecified atom stereocenters. The molecule has 9 nitrogen and oxygen atoms in total. The summed E-state index contributed by atoms with van der Waals surface area (Å²) in [6.45, 7) is 1.80. The van der Waals surface area contributed by atoms with Crippen LogP contribution in [0.5, 0.6) is 23.0 Å². The molecule has 0 saturated heterocycles. The molecule has 10 heteroatoms. The summed E-state index contributed by atoms with van der Waals surface area (Å²) in [7, 11) is 4.65. The van der Waals surface area contributed by atoms with E-state index >= 15 is 0 Å². The average Bonchev–Trinajstić information content (AvgIpc) is 3.37. The number of benzene rings is 3. The SMILES string of the molecule is CCC(Oc1c(-c2ccc(OC)c(OC)c2)oc2ccccc2c1=O)C(=O)Nc1nc2ccc(OC)cc2s1. The van der Waals surface area contributed by atoms with Gasteiger partial charge in [-0.1, -0.05) is 30.4 Å². The van der Waals surface area contributed by atoms with Crippen molar-refractivity contribution in [2.24, 2.45) is 0 Å². The van der Waals surface area contributed by atoms with E-state index in [0.29, 0.717) is 45.3 Å². The van der Waals surface area contributed by atoms with Crippen LogP contribution in [0.3, 0.4) is 0 Å². The van der Waals surface area contributed by atoms with E-state index in [-0.39, 0.29) is 16.9 Å². The highest BCUT2D eigenvalue weighted by molar-refractivity contribution is 7.22. The van der Waals surface area contributed by atoms with Crippen LogP contribution in [-0.2, 0) is 4.79 Å². The fourth-order valence-corrected chi connectivity index (χ4v) is 5.03. The average molecular weight is 547 g/mol. The molecule has 0 aliphatic rings. The Morgan fingerprint density at radius 3 is 2.54 bits per heavy atom. The van der Waals surface area contributed by atoms with Crippen LogP contribution in [0.4, 0.5) is 5.13 Å². The van der Waals surface area contributed by atoms with E-state index in [1.54, 1.807) is 62.6 Å². The zero-order chi connectivity index (χ0) is 27.5. The Morgan fingerprint density at radius 1 is 1.00 bits per heavy atom. The van der Waals surface area contributed by atoms with Gasteiger partial charge in [-0.05, 0) is 55.0 Å². The summed E-state index contributed by atoms with van der Waals surface area (Å²) >= 11 is 1.32. The minimum Gasteiger partial charge on any atom is -0.497 e. The summed E-state index contributed by atoms with van der Waals surface area (Å²) in [6, 6.07) is 17.5. The first-order valence-electron chi connectivity index (χ1n) is 12.2. The fourth-order valence-electron chi connectivity index (χ4n) is 4.14. The van der Waals surface area contributed by atoms with Crippen molar-refractivity contribution < 1.29 is 28.2 Å². The Balaban J connectivity index is 1.52. The number of para-hydroxylation sites is 1. The third kappa shape index (κ3) is 5.10. The molecular weight excluding hydrogens is 520 g/mol. The van der Waals surface area contributed by atoms with Gasteiger partial charge in [0.05, 0.1) is 36.9 Å². The minimum atomic E-state index is -0.991. The molecule has 0 fully saturated rings. The van der Waals surface area contributed by atoms with Gasteiger partial charge >= 0.3 is 0 Å². The molecule has 2 aromatic heterocycles. The monoisotopic (exact) mass is 546 g/mol. The zero-order valence-corrected chi connectivity index (χ0v) is 22.6. The van der Waals surface area contributed by atoms with Crippen LogP contribution >= 0.6 is 11.3 Å². The standard InChI is InChI=1S/C29H26N2O7S/c1-5-20(28(33)31-29-30-19-12-11-17(34-2)15-24(19)39-29)37-27-25(32)18-8-6-7-9-21(18)38-26(27)16-10-13-22(35-3)23(14-16)36-4/h6-15,20H,5H2,1-4H3,(H,30,31,33). The van der Waals surface area contributed by atoms with Crippen LogP contribution < -0.4 is 29.7 Å². The summed E-state index contributed by atoms with van der Waals surface area (Å²) in [4.78, 5) is 31.4. The first-order valence-corrected chi connectivity index (χ1v) is 13.0. The molecule has 1 N–H and O–H groups in total. The summed E-state index contributed by atoms with van der Waals surface area (Å²) in [5, 5.41) is 3.58. The number of hydrogen-bond donors (Lipinski definition) is 1. The van der Waals surface area contributed by atoms with E-state index in [2.05, 4.69) is 10.3 Å². The molecule has 1 atom stereocenters. The van der Waals surface area contributed by atoms with Gasteiger partial charge < -0.3 is 23.4 Å². The summed E-state index contributed by atoms with van der Waals surface area (Å²) in [6.07, 6.45) is -0.697. The number of aromatic nitrogens is 1. The number of nitrogens with one attached hydrogen (secondary N) is 1. The lowest BCUT2D eigenvalue weighted by atomic mass is 10.1. The molecule has 0 aliphatic heterocycles. The highest BCUT2D eigenvalue weighted by Crippen LogP contribution is 2.37. The van der Waals surface area contributed by atoms with Crippen molar-refractivity contribution in [1.82, 2.24) is 4.98 Å². The smallest absolute Gasteiger partial charge is 0.267 e. The van der Waals surface area contributed by atoms with Crippen LogP contribution in [0.1, 0.15) is 13.3 Å². The van der Waals surface area contributed by atoms with Gasteiger partial charge in [-0.15, -0.1) is 0 Å². The number of amides is 1. The van der Waals surface area contributed by atoms with Crippen LogP contribution in [0.2, 0.25) is 0 Å². The number of rotatable bonds is 9. The number of carbonyl (C=O) groups excluding carboxylic acids is 1. The van der Waals surface area contributed by atoms with Crippen molar-refractivity contribution in [3.05, 3.63) is 70.9 Å². The third-order valence-electron chi connectivity index (χ3n) is 6.15. The van der Waals surface area contributed by atoms with Gasteiger partial charge in [-0.25, -0.2) is 4.98 Å². The van der Waals surface area contributed by atoms with Gasteiger partial charge in [0.25, 0.3) is 5.91 Å². The highest BCUT2D eigenvalue weighted by atomic mass is 32.1. The first kappa shape index (κ1) is 26.1. The van der Waals surface area contributed by atoms with Gasteiger partial charge in [-0.2, -0.15) is 0 Å². The van der Waals surface area contributed by atoms with E-state index in [1.807, 2.05) is 12.1 Å². The van der Waals surface area contributed by atoms with Gasteiger partial charge in [0.15, 0.2) is 28.5 Å². The predicted octanol–water partition coefficient (Wildman–Crippen LogP) is 5.89. The molecule has 3 aromatic carbocycles. The van der Waals surface area contributed by atoms with E-state index in [1.165, 1.54) is 25.6 Å². The second-order valence-corrected chi connectivity index (χ2v) is 9.54. The van der Waals surface area contributed by atoms with Crippen molar-refractivity contribution in [2.75, 3.05) is 26.6 Å². The predicted molar refractivity (Wildman–Crippen MR) is 151 cm³/mol. The summed E-state index contributed by atoms with van der Waals surface area (Å²) in [5.74, 6) is 1.34. The molecule has 0 bridgehead atoms. The van der Waals surface area contributed by atoms with Crippen molar-refractivity contribution in [3.63, 3.8) is 0 Å². The van der Waals surface area contributed by atoms with Crippen molar-refractivity contribution in [2.45, 2.75) is 19.4 Å². The van der Waals surface area contributed by atoms with Gasteiger partial charge in [0.2, 0.25) is 11.2 Å². The van der Waals surface area contributed by atoms with E-state index in [0.717, 1.165) is 10.2 Å². The van der Waals surface area contributed by atoms with Crippen LogP contribution in [-0.4, -0.2) is 38.3 Å². The van der Waals surface area contributed by atoms with Crippen LogP contribution in [0, 0.1) is 0 Å². The Bertz CT molecular complexity index is 1730. The molecule has 0 saturated carbocycles. The molecule has 5 rings (SSSR count). The summed E-state index contributed by atoms with van der Waals surface area (Å²) < 4.78 is 29.2. The normalized spacial score (nSPS) is 11.8. The minimum absolute atomic E-state index is 0.0723. The fraction of sp³-hybridized carbons (Fsp3) is 0.207. The maximum Gasteiger partial charge on any atom is 0.267 e. The van der Waals surface area contributed by atoms with Crippen molar-refractivity contribution in [3.8, 4) is 34.3 Å². The summed E-state index contributed by atoms with van der Waals surface area (Å²) in [5.41, 5.74) is 1.26. The highest BCUT2D eigenvalue weighted by Gasteiger charge is 2.26. The second kappa shape index (κ2) is 11.0. The lowest BCUT2D eigenvalue weighted by Gasteiger charge is -2.18. The topological polar surface area (TPSA) is 109 Å².